The van der Waals surface area contributed by atoms with Gasteiger partial charge in [0.05, 0.1) is 7.11 Å². The zero-order valence-electron chi connectivity index (χ0n) is 15.2. The van der Waals surface area contributed by atoms with Crippen LogP contribution in [0.2, 0.25) is 0 Å². The van der Waals surface area contributed by atoms with Gasteiger partial charge in [-0.15, -0.1) is 0 Å². The summed E-state index contributed by atoms with van der Waals surface area (Å²) in [7, 11) is 1.70. The number of anilines is 1. The number of rotatable bonds is 6. The molecule has 0 bridgehead atoms. The first-order valence-corrected chi connectivity index (χ1v) is 8.77. The monoisotopic (exact) mass is 355 g/mol. The highest BCUT2D eigenvalue weighted by Crippen LogP contribution is 2.40. The summed E-state index contributed by atoms with van der Waals surface area (Å²) < 4.78 is 11.3. The van der Waals surface area contributed by atoms with Crippen LogP contribution in [0.15, 0.2) is 36.5 Å². The summed E-state index contributed by atoms with van der Waals surface area (Å²) in [5.41, 5.74) is 8.70. The van der Waals surface area contributed by atoms with Crippen LogP contribution in [-0.2, 0) is 10.2 Å². The fourth-order valence-electron chi connectivity index (χ4n) is 3.49. The number of nitrogens with two attached hydrogens (primary N) is 1. The third-order valence-corrected chi connectivity index (χ3v) is 5.02. The number of ether oxygens (including phenoxy) is 2. The Kier molecular flexibility index (Phi) is 5.42. The summed E-state index contributed by atoms with van der Waals surface area (Å²) in [6.45, 7) is 4.22. The molecule has 26 heavy (non-hydrogen) atoms. The number of amides is 1. The number of hydrogen-bond acceptors (Lipinski definition) is 5. The van der Waals surface area contributed by atoms with Gasteiger partial charge < -0.3 is 20.5 Å². The predicted octanol–water partition coefficient (Wildman–Crippen LogP) is 2.66. The number of aryl methyl sites for hydroxylation is 1. The standard InChI is InChI=1S/C20H25N3O3/c1-14-3-4-18(25-2)16(11-14)20(6-9-26-10-7-20)13-23-15-5-8-22-17(12-15)19(21)24/h3-5,8,11-12H,6-7,9-10,13H2,1-2H3,(H2,21,24)(H,22,23). The van der Waals surface area contributed by atoms with E-state index in [-0.39, 0.29) is 11.1 Å². The van der Waals surface area contributed by atoms with Gasteiger partial charge in [0, 0.05) is 42.6 Å². The van der Waals surface area contributed by atoms with Gasteiger partial charge in [-0.3, -0.25) is 9.78 Å². The van der Waals surface area contributed by atoms with Gasteiger partial charge in [-0.05, 0) is 38.0 Å². The number of primary amides is 1. The molecule has 1 aromatic carbocycles. The molecule has 0 saturated carbocycles. The quantitative estimate of drug-likeness (QED) is 0.832. The van der Waals surface area contributed by atoms with Crippen LogP contribution < -0.4 is 15.8 Å². The first-order valence-electron chi connectivity index (χ1n) is 8.77. The van der Waals surface area contributed by atoms with E-state index < -0.39 is 5.91 Å². The molecular weight excluding hydrogens is 330 g/mol. The third-order valence-electron chi connectivity index (χ3n) is 5.02. The SMILES string of the molecule is COc1ccc(C)cc1C1(CNc2ccnc(C(N)=O)c2)CCOCC1. The lowest BCUT2D eigenvalue weighted by Crippen LogP contribution is -2.40. The average molecular weight is 355 g/mol. The van der Waals surface area contributed by atoms with Crippen molar-refractivity contribution in [2.24, 2.45) is 5.73 Å². The highest BCUT2D eigenvalue weighted by Gasteiger charge is 2.36. The first-order chi connectivity index (χ1) is 12.5. The lowest BCUT2D eigenvalue weighted by Gasteiger charge is -2.39. The highest BCUT2D eigenvalue weighted by atomic mass is 16.5. The van der Waals surface area contributed by atoms with Gasteiger partial charge in [0.2, 0.25) is 0 Å². The minimum Gasteiger partial charge on any atom is -0.496 e. The lowest BCUT2D eigenvalue weighted by molar-refractivity contribution is 0.0535. The van der Waals surface area contributed by atoms with E-state index in [4.69, 9.17) is 15.2 Å². The summed E-state index contributed by atoms with van der Waals surface area (Å²) in [6, 6.07) is 9.81. The van der Waals surface area contributed by atoms with Crippen molar-refractivity contribution in [2.75, 3.05) is 32.2 Å². The smallest absolute Gasteiger partial charge is 0.267 e. The minimum absolute atomic E-state index is 0.105. The maximum Gasteiger partial charge on any atom is 0.267 e. The number of hydrogen-bond donors (Lipinski definition) is 2. The minimum atomic E-state index is -0.533. The first kappa shape index (κ1) is 18.2. The third kappa shape index (κ3) is 3.80. The van der Waals surface area contributed by atoms with E-state index in [0.29, 0.717) is 19.8 Å². The molecule has 2 heterocycles. The van der Waals surface area contributed by atoms with Gasteiger partial charge in [-0.1, -0.05) is 17.7 Å². The number of carbonyl (C=O) groups is 1. The van der Waals surface area contributed by atoms with E-state index in [2.05, 4.69) is 29.4 Å². The molecule has 3 rings (SSSR count). The van der Waals surface area contributed by atoms with Gasteiger partial charge in [0.1, 0.15) is 11.4 Å². The molecule has 2 aromatic rings. The molecular formula is C20H25N3O3. The molecule has 0 unspecified atom stereocenters. The molecule has 138 valence electrons. The second-order valence-electron chi connectivity index (χ2n) is 6.74. The Hall–Kier alpha value is -2.60. The van der Waals surface area contributed by atoms with Gasteiger partial charge in [-0.25, -0.2) is 0 Å². The van der Waals surface area contributed by atoms with Crippen LogP contribution in [0.25, 0.3) is 0 Å². The van der Waals surface area contributed by atoms with Crippen molar-refractivity contribution < 1.29 is 14.3 Å². The number of nitrogens with one attached hydrogen (secondary N) is 1. The lowest BCUT2D eigenvalue weighted by atomic mass is 9.73. The van der Waals surface area contributed by atoms with E-state index in [9.17, 15) is 4.79 Å². The van der Waals surface area contributed by atoms with E-state index in [1.807, 2.05) is 12.1 Å². The zero-order valence-corrected chi connectivity index (χ0v) is 15.2. The molecule has 1 fully saturated rings. The molecule has 1 aromatic heterocycles. The number of carbonyl (C=O) groups excluding carboxylic acids is 1. The predicted molar refractivity (Wildman–Crippen MR) is 101 cm³/mol. The van der Waals surface area contributed by atoms with Crippen molar-refractivity contribution in [1.82, 2.24) is 4.98 Å². The van der Waals surface area contributed by atoms with Gasteiger partial charge in [0.15, 0.2) is 0 Å². The Morgan fingerprint density at radius 2 is 2.08 bits per heavy atom. The zero-order chi connectivity index (χ0) is 18.6. The Balaban J connectivity index is 1.90. The molecule has 0 aliphatic carbocycles. The molecule has 1 amide bonds. The summed E-state index contributed by atoms with van der Waals surface area (Å²) in [5.74, 6) is 0.363. The van der Waals surface area contributed by atoms with E-state index in [0.717, 1.165) is 24.3 Å². The maximum absolute atomic E-state index is 11.4. The number of methoxy groups -OCH3 is 1. The molecule has 6 nitrogen and oxygen atoms in total. The summed E-state index contributed by atoms with van der Waals surface area (Å²) in [6.07, 6.45) is 3.38. The second-order valence-corrected chi connectivity index (χ2v) is 6.74. The Morgan fingerprint density at radius 3 is 2.77 bits per heavy atom. The normalized spacial score (nSPS) is 16.1. The van der Waals surface area contributed by atoms with E-state index >= 15 is 0 Å². The van der Waals surface area contributed by atoms with Crippen molar-refractivity contribution >= 4 is 11.6 Å². The van der Waals surface area contributed by atoms with Crippen LogP contribution >= 0.6 is 0 Å². The Labute approximate surface area is 153 Å². The van der Waals surface area contributed by atoms with E-state index in [1.165, 1.54) is 11.1 Å². The van der Waals surface area contributed by atoms with Crippen LogP contribution in [-0.4, -0.2) is 37.8 Å². The van der Waals surface area contributed by atoms with Crippen LogP contribution in [0.1, 0.15) is 34.5 Å². The largest absolute Gasteiger partial charge is 0.496 e. The molecule has 1 aliphatic rings. The van der Waals surface area contributed by atoms with Gasteiger partial charge in [-0.2, -0.15) is 0 Å². The van der Waals surface area contributed by atoms with Crippen LogP contribution in [0.3, 0.4) is 0 Å². The number of aromatic nitrogens is 1. The van der Waals surface area contributed by atoms with Gasteiger partial charge >= 0.3 is 0 Å². The Morgan fingerprint density at radius 1 is 1.31 bits per heavy atom. The van der Waals surface area contributed by atoms with Crippen molar-refractivity contribution in [2.45, 2.75) is 25.2 Å². The number of pyridine rings is 1. The molecule has 6 heteroatoms. The van der Waals surface area contributed by atoms with E-state index in [1.54, 1.807) is 19.4 Å². The molecule has 3 N–H and O–H groups in total. The summed E-state index contributed by atoms with van der Waals surface area (Å²) >= 11 is 0. The Bertz CT molecular complexity index is 786. The molecule has 1 aliphatic heterocycles. The van der Waals surface area contributed by atoms with Crippen molar-refractivity contribution in [3.8, 4) is 5.75 Å². The molecule has 0 radical (unpaired) electrons. The maximum atomic E-state index is 11.4. The van der Waals surface area contributed by atoms with Crippen LogP contribution in [0, 0.1) is 6.92 Å². The highest BCUT2D eigenvalue weighted by molar-refractivity contribution is 5.91. The van der Waals surface area contributed by atoms with Crippen molar-refractivity contribution in [3.63, 3.8) is 0 Å². The molecule has 1 saturated heterocycles. The number of nitrogens with zero attached hydrogens (tertiary/aromatic N) is 1. The molecule has 0 atom stereocenters. The van der Waals surface area contributed by atoms with Gasteiger partial charge in [0.25, 0.3) is 5.91 Å². The van der Waals surface area contributed by atoms with Crippen molar-refractivity contribution in [1.29, 1.82) is 0 Å². The fraction of sp³-hybridized carbons (Fsp3) is 0.400. The van der Waals surface area contributed by atoms with Crippen LogP contribution in [0.4, 0.5) is 5.69 Å². The average Bonchev–Trinajstić information content (AvgIpc) is 2.67. The number of benzene rings is 1. The van der Waals surface area contributed by atoms with Crippen molar-refractivity contribution in [3.05, 3.63) is 53.3 Å². The summed E-state index contributed by atoms with van der Waals surface area (Å²) in [4.78, 5) is 15.4. The second kappa shape index (κ2) is 7.74. The molecule has 0 spiro atoms. The summed E-state index contributed by atoms with van der Waals surface area (Å²) in [5, 5.41) is 3.46. The fourth-order valence-corrected chi connectivity index (χ4v) is 3.49. The topological polar surface area (TPSA) is 86.5 Å². The van der Waals surface area contributed by atoms with Crippen LogP contribution in [0.5, 0.6) is 5.75 Å².